The summed E-state index contributed by atoms with van der Waals surface area (Å²) in [5.41, 5.74) is 4.16. The van der Waals surface area contributed by atoms with Crippen molar-refractivity contribution < 1.29 is 4.92 Å². The topological polar surface area (TPSA) is 73.3 Å². The number of imidazole rings is 1. The van der Waals surface area contributed by atoms with Crippen LogP contribution in [0.2, 0.25) is 0 Å². The summed E-state index contributed by atoms with van der Waals surface area (Å²) in [6.07, 6.45) is 3.25. The van der Waals surface area contributed by atoms with Crippen LogP contribution in [-0.2, 0) is 0 Å². The van der Waals surface area contributed by atoms with Gasteiger partial charge in [0.1, 0.15) is 6.33 Å². The Hall–Kier alpha value is -2.54. The number of thiophene rings is 1. The fourth-order valence-corrected chi connectivity index (χ4v) is 2.66. The lowest BCUT2D eigenvalue weighted by Gasteiger charge is -2.00. The van der Waals surface area contributed by atoms with Gasteiger partial charge in [-0.05, 0) is 43.2 Å². The van der Waals surface area contributed by atoms with Gasteiger partial charge in [-0.2, -0.15) is 5.10 Å². The summed E-state index contributed by atoms with van der Waals surface area (Å²) in [6, 6.07) is 7.21. The van der Waals surface area contributed by atoms with Crippen LogP contribution in [0.4, 0.5) is 5.00 Å². The smallest absolute Gasteiger partial charge is 0.258 e. The molecule has 0 aliphatic rings. The van der Waals surface area contributed by atoms with Crippen LogP contribution in [0.15, 0.2) is 35.7 Å². The fraction of sp³-hybridized carbons (Fsp3) is 0.143. The molecule has 0 amide bonds. The highest BCUT2D eigenvalue weighted by Gasteiger charge is 2.08. The van der Waals surface area contributed by atoms with Crippen molar-refractivity contribution in [1.82, 2.24) is 9.66 Å². The highest BCUT2D eigenvalue weighted by molar-refractivity contribution is 7.16. The van der Waals surface area contributed by atoms with E-state index in [0.29, 0.717) is 0 Å². The van der Waals surface area contributed by atoms with Gasteiger partial charge in [0.15, 0.2) is 0 Å². The lowest BCUT2D eigenvalue weighted by molar-refractivity contribution is -0.380. The summed E-state index contributed by atoms with van der Waals surface area (Å²) < 4.78 is 1.67. The van der Waals surface area contributed by atoms with Crippen molar-refractivity contribution >= 4 is 33.6 Å². The number of fused-ring (bicyclic) bond motifs is 1. The standard InChI is InChI=1S/C14H12N4O2S/c1-9-5-12-13(6-10(9)2)17(8-15-12)16-7-11-3-4-14(21-11)18(19)20/h3-8H,1-2H3. The van der Waals surface area contributed by atoms with Crippen LogP contribution in [0.3, 0.4) is 0 Å². The highest BCUT2D eigenvalue weighted by Crippen LogP contribution is 2.23. The van der Waals surface area contributed by atoms with Gasteiger partial charge in [-0.1, -0.05) is 11.3 Å². The zero-order chi connectivity index (χ0) is 15.0. The third kappa shape index (κ3) is 2.55. The van der Waals surface area contributed by atoms with Crippen LogP contribution in [0, 0.1) is 24.0 Å². The maximum Gasteiger partial charge on any atom is 0.324 e. The third-order valence-electron chi connectivity index (χ3n) is 3.25. The minimum Gasteiger partial charge on any atom is -0.258 e. The van der Waals surface area contributed by atoms with Gasteiger partial charge in [0.2, 0.25) is 0 Å². The molecule has 1 aromatic carbocycles. The largest absolute Gasteiger partial charge is 0.324 e. The predicted molar refractivity (Wildman–Crippen MR) is 83.2 cm³/mol. The molecule has 7 heteroatoms. The molecule has 3 aromatic rings. The van der Waals surface area contributed by atoms with Crippen molar-refractivity contribution in [1.29, 1.82) is 0 Å². The normalized spacial score (nSPS) is 11.5. The van der Waals surface area contributed by atoms with Gasteiger partial charge in [0, 0.05) is 6.07 Å². The summed E-state index contributed by atoms with van der Waals surface area (Å²) in [7, 11) is 0. The molecule has 6 nitrogen and oxygen atoms in total. The Bertz CT molecular complexity index is 863. The molecule has 0 spiro atoms. The average Bonchev–Trinajstić information content (AvgIpc) is 3.04. The van der Waals surface area contributed by atoms with Crippen molar-refractivity contribution in [3.8, 4) is 0 Å². The Morgan fingerprint density at radius 3 is 2.81 bits per heavy atom. The summed E-state index contributed by atoms with van der Waals surface area (Å²) in [5, 5.41) is 15.1. The SMILES string of the molecule is Cc1cc2ncn(N=Cc3ccc([N+](=O)[O-])s3)c2cc1C. The van der Waals surface area contributed by atoms with Crippen molar-refractivity contribution in [2.45, 2.75) is 13.8 Å². The van der Waals surface area contributed by atoms with E-state index in [0.717, 1.165) is 27.2 Å². The van der Waals surface area contributed by atoms with E-state index in [1.807, 2.05) is 26.0 Å². The lowest BCUT2D eigenvalue weighted by Crippen LogP contribution is -1.89. The maximum absolute atomic E-state index is 10.6. The van der Waals surface area contributed by atoms with Crippen LogP contribution in [0.25, 0.3) is 11.0 Å². The van der Waals surface area contributed by atoms with Gasteiger partial charge in [0.05, 0.1) is 27.0 Å². The second-order valence-electron chi connectivity index (χ2n) is 4.69. The Morgan fingerprint density at radius 1 is 1.33 bits per heavy atom. The molecule has 2 aromatic heterocycles. The minimum absolute atomic E-state index is 0.110. The molecule has 0 radical (unpaired) electrons. The van der Waals surface area contributed by atoms with Crippen LogP contribution in [-0.4, -0.2) is 20.8 Å². The van der Waals surface area contributed by atoms with E-state index in [4.69, 9.17) is 0 Å². The Balaban J connectivity index is 1.95. The Kier molecular flexibility index (Phi) is 3.26. The number of hydrogen-bond donors (Lipinski definition) is 0. The summed E-state index contributed by atoms with van der Waals surface area (Å²) in [4.78, 5) is 15.3. The first-order valence-corrected chi connectivity index (χ1v) is 7.09. The Labute approximate surface area is 124 Å². The second kappa shape index (κ2) is 5.10. The number of hydrogen-bond acceptors (Lipinski definition) is 5. The number of nitrogens with zero attached hydrogens (tertiary/aromatic N) is 4. The molecular weight excluding hydrogens is 288 g/mol. The molecule has 3 rings (SSSR count). The summed E-state index contributed by atoms with van der Waals surface area (Å²) in [5.74, 6) is 0. The van der Waals surface area contributed by atoms with Gasteiger partial charge in [-0.25, -0.2) is 9.66 Å². The van der Waals surface area contributed by atoms with Gasteiger partial charge in [-0.3, -0.25) is 10.1 Å². The van der Waals surface area contributed by atoms with Crippen molar-refractivity contribution in [2.24, 2.45) is 5.10 Å². The van der Waals surface area contributed by atoms with Crippen LogP contribution < -0.4 is 0 Å². The fourth-order valence-electron chi connectivity index (χ4n) is 1.97. The van der Waals surface area contributed by atoms with Gasteiger partial charge in [-0.15, -0.1) is 0 Å². The molecule has 0 saturated carbocycles. The second-order valence-corrected chi connectivity index (χ2v) is 5.79. The van der Waals surface area contributed by atoms with Crippen molar-refractivity contribution in [2.75, 3.05) is 0 Å². The van der Waals surface area contributed by atoms with Crippen LogP contribution >= 0.6 is 11.3 Å². The molecule has 0 unspecified atom stereocenters. The monoisotopic (exact) mass is 300 g/mol. The van der Waals surface area contributed by atoms with E-state index in [2.05, 4.69) is 10.1 Å². The molecular formula is C14H12N4O2S. The molecule has 0 bridgehead atoms. The van der Waals surface area contributed by atoms with Gasteiger partial charge < -0.3 is 0 Å². The predicted octanol–water partition coefficient (Wildman–Crippen LogP) is 3.51. The van der Waals surface area contributed by atoms with E-state index in [1.165, 1.54) is 17.2 Å². The lowest BCUT2D eigenvalue weighted by atomic mass is 10.1. The molecule has 0 fully saturated rings. The third-order valence-corrected chi connectivity index (χ3v) is 4.22. The molecule has 2 heterocycles. The van der Waals surface area contributed by atoms with Crippen molar-refractivity contribution in [3.63, 3.8) is 0 Å². The molecule has 0 saturated heterocycles. The summed E-state index contributed by atoms with van der Waals surface area (Å²) >= 11 is 1.09. The minimum atomic E-state index is -0.402. The zero-order valence-corrected chi connectivity index (χ0v) is 12.3. The first-order valence-electron chi connectivity index (χ1n) is 6.27. The first-order chi connectivity index (χ1) is 10.0. The maximum atomic E-state index is 10.6. The number of benzene rings is 1. The first kappa shape index (κ1) is 13.4. The van der Waals surface area contributed by atoms with E-state index in [1.54, 1.807) is 23.3 Å². The molecule has 106 valence electrons. The highest BCUT2D eigenvalue weighted by atomic mass is 32.1. The molecule has 21 heavy (non-hydrogen) atoms. The number of nitro groups is 1. The quantitative estimate of drug-likeness (QED) is 0.422. The van der Waals surface area contributed by atoms with E-state index in [-0.39, 0.29) is 5.00 Å². The molecule has 0 N–H and O–H groups in total. The van der Waals surface area contributed by atoms with E-state index >= 15 is 0 Å². The van der Waals surface area contributed by atoms with Crippen LogP contribution in [0.1, 0.15) is 16.0 Å². The van der Waals surface area contributed by atoms with Crippen LogP contribution in [0.5, 0.6) is 0 Å². The summed E-state index contributed by atoms with van der Waals surface area (Å²) in [6.45, 7) is 4.08. The average molecular weight is 300 g/mol. The number of rotatable bonds is 3. The van der Waals surface area contributed by atoms with Gasteiger partial charge in [0.25, 0.3) is 0 Å². The van der Waals surface area contributed by atoms with E-state index in [9.17, 15) is 10.1 Å². The number of aromatic nitrogens is 2. The zero-order valence-electron chi connectivity index (χ0n) is 11.5. The van der Waals surface area contributed by atoms with Gasteiger partial charge >= 0.3 is 5.00 Å². The Morgan fingerprint density at radius 2 is 2.10 bits per heavy atom. The molecule has 0 aliphatic carbocycles. The van der Waals surface area contributed by atoms with Crippen molar-refractivity contribution in [3.05, 3.63) is 56.7 Å². The van der Waals surface area contributed by atoms with E-state index < -0.39 is 4.92 Å². The molecule has 0 aliphatic heterocycles. The molecule has 0 atom stereocenters. The number of aryl methyl sites for hydroxylation is 2.